The fraction of sp³-hybridized carbons (Fsp3) is 0.625. The van der Waals surface area contributed by atoms with Crippen LogP contribution in [0.1, 0.15) is 39.7 Å². The van der Waals surface area contributed by atoms with E-state index >= 15 is 0 Å². The molecule has 0 amide bonds. The van der Waals surface area contributed by atoms with E-state index < -0.39 is 0 Å². The van der Waals surface area contributed by atoms with Crippen molar-refractivity contribution in [1.82, 2.24) is 5.32 Å². The normalized spacial score (nSPS) is 15.9. The Morgan fingerprint density at radius 1 is 1.35 bits per heavy atom. The lowest BCUT2D eigenvalue weighted by Gasteiger charge is -2.37. The van der Waals surface area contributed by atoms with E-state index in [0.29, 0.717) is 11.6 Å². The zero-order chi connectivity index (χ0) is 15.2. The molecule has 0 aliphatic carbocycles. The topological polar surface area (TPSA) is 21.3 Å². The van der Waals surface area contributed by atoms with Crippen molar-refractivity contribution in [2.75, 3.05) is 13.2 Å². The van der Waals surface area contributed by atoms with Gasteiger partial charge in [0, 0.05) is 17.7 Å². The van der Waals surface area contributed by atoms with E-state index in [1.54, 1.807) is 6.07 Å². The summed E-state index contributed by atoms with van der Waals surface area (Å²) in [5.74, 6) is -0.304. The molecule has 0 heterocycles. The summed E-state index contributed by atoms with van der Waals surface area (Å²) in [4.78, 5) is 0. The third-order valence-corrected chi connectivity index (χ3v) is 4.15. The molecule has 1 aromatic carbocycles. The van der Waals surface area contributed by atoms with Gasteiger partial charge in [-0.1, -0.05) is 31.5 Å². The molecule has 0 bridgehead atoms. The Kier molecular flexibility index (Phi) is 6.93. The van der Waals surface area contributed by atoms with E-state index in [4.69, 9.17) is 16.3 Å². The van der Waals surface area contributed by atoms with Crippen molar-refractivity contribution in [1.29, 1.82) is 0 Å². The molecular formula is C16H25ClFNO. The van der Waals surface area contributed by atoms with Crippen LogP contribution in [0.4, 0.5) is 4.39 Å². The van der Waals surface area contributed by atoms with Crippen LogP contribution < -0.4 is 5.32 Å². The molecule has 0 aliphatic rings. The molecule has 0 aromatic heterocycles. The molecule has 2 atom stereocenters. The summed E-state index contributed by atoms with van der Waals surface area (Å²) < 4.78 is 19.1. The minimum absolute atomic E-state index is 0.139. The highest BCUT2D eigenvalue weighted by Gasteiger charge is 2.33. The Labute approximate surface area is 126 Å². The van der Waals surface area contributed by atoms with Gasteiger partial charge in [0.2, 0.25) is 0 Å². The quantitative estimate of drug-likeness (QED) is 0.777. The Balaban J connectivity index is 2.96. The predicted octanol–water partition coefficient (Wildman–Crippen LogP) is 4.20. The van der Waals surface area contributed by atoms with Crippen LogP contribution in [0.25, 0.3) is 0 Å². The van der Waals surface area contributed by atoms with E-state index in [2.05, 4.69) is 26.1 Å². The Bertz CT molecular complexity index is 427. The van der Waals surface area contributed by atoms with Gasteiger partial charge >= 0.3 is 0 Å². The first-order chi connectivity index (χ1) is 9.46. The van der Waals surface area contributed by atoms with Crippen molar-refractivity contribution >= 4 is 11.6 Å². The Hall–Kier alpha value is -0.640. The van der Waals surface area contributed by atoms with Gasteiger partial charge in [-0.15, -0.1) is 0 Å². The fourth-order valence-electron chi connectivity index (χ4n) is 2.44. The molecule has 0 saturated carbocycles. The molecule has 1 rings (SSSR count). The van der Waals surface area contributed by atoms with Gasteiger partial charge in [0.1, 0.15) is 5.82 Å². The minimum atomic E-state index is -0.304. The van der Waals surface area contributed by atoms with Gasteiger partial charge in [-0.05, 0) is 50.9 Å². The molecule has 2 nitrogen and oxygen atoms in total. The number of benzene rings is 1. The van der Waals surface area contributed by atoms with Gasteiger partial charge < -0.3 is 10.1 Å². The van der Waals surface area contributed by atoms with Gasteiger partial charge in [0.15, 0.2) is 0 Å². The molecule has 0 aliphatic heterocycles. The summed E-state index contributed by atoms with van der Waals surface area (Å²) in [6.45, 7) is 9.83. The van der Waals surface area contributed by atoms with E-state index in [9.17, 15) is 4.39 Å². The van der Waals surface area contributed by atoms with Gasteiger partial charge in [0.25, 0.3) is 0 Å². The lowest BCUT2D eigenvalue weighted by atomic mass is 9.88. The highest BCUT2D eigenvalue weighted by atomic mass is 35.5. The summed E-state index contributed by atoms with van der Waals surface area (Å²) in [5, 5.41) is 3.95. The summed E-state index contributed by atoms with van der Waals surface area (Å²) in [6.07, 6.45) is 1.62. The van der Waals surface area contributed by atoms with E-state index in [0.717, 1.165) is 24.9 Å². The Morgan fingerprint density at radius 2 is 2.05 bits per heavy atom. The summed E-state index contributed by atoms with van der Waals surface area (Å²) >= 11 is 6.14. The summed E-state index contributed by atoms with van der Waals surface area (Å²) in [5.41, 5.74) is 0.682. The molecule has 2 unspecified atom stereocenters. The largest absolute Gasteiger partial charge is 0.374 e. The molecule has 4 heteroatoms. The van der Waals surface area contributed by atoms with Crippen LogP contribution in [-0.2, 0) is 11.2 Å². The maximum absolute atomic E-state index is 13.1. The highest BCUT2D eigenvalue weighted by molar-refractivity contribution is 6.31. The van der Waals surface area contributed by atoms with Crippen LogP contribution in [0.15, 0.2) is 18.2 Å². The Morgan fingerprint density at radius 3 is 2.55 bits per heavy atom. The summed E-state index contributed by atoms with van der Waals surface area (Å²) in [6, 6.07) is 4.71. The van der Waals surface area contributed by atoms with E-state index in [-0.39, 0.29) is 17.5 Å². The van der Waals surface area contributed by atoms with Crippen molar-refractivity contribution in [2.45, 2.75) is 52.2 Å². The fourth-order valence-corrected chi connectivity index (χ4v) is 2.68. The number of halogens is 2. The van der Waals surface area contributed by atoms with Crippen molar-refractivity contribution in [3.05, 3.63) is 34.6 Å². The first kappa shape index (κ1) is 17.4. The lowest BCUT2D eigenvalue weighted by molar-refractivity contribution is -0.0546. The first-order valence-corrected chi connectivity index (χ1v) is 7.65. The highest BCUT2D eigenvalue weighted by Crippen LogP contribution is 2.26. The van der Waals surface area contributed by atoms with Crippen molar-refractivity contribution < 1.29 is 9.13 Å². The number of hydrogen-bond donors (Lipinski definition) is 1. The second-order valence-electron chi connectivity index (χ2n) is 5.15. The van der Waals surface area contributed by atoms with Crippen LogP contribution in [0.5, 0.6) is 0 Å². The van der Waals surface area contributed by atoms with Crippen LogP contribution in [-0.4, -0.2) is 24.8 Å². The van der Waals surface area contributed by atoms with Crippen LogP contribution in [0.2, 0.25) is 5.02 Å². The number of hydrogen-bond acceptors (Lipinski definition) is 2. The molecule has 20 heavy (non-hydrogen) atoms. The average molecular weight is 302 g/mol. The zero-order valence-electron chi connectivity index (χ0n) is 12.8. The molecule has 0 saturated heterocycles. The van der Waals surface area contributed by atoms with E-state index in [1.165, 1.54) is 12.1 Å². The molecular weight excluding hydrogens is 277 g/mol. The number of nitrogens with one attached hydrogen (secondary N) is 1. The van der Waals surface area contributed by atoms with Crippen LogP contribution >= 0.6 is 11.6 Å². The number of ether oxygens (including phenoxy) is 1. The van der Waals surface area contributed by atoms with Gasteiger partial charge in [-0.2, -0.15) is 0 Å². The molecule has 0 fully saturated rings. The van der Waals surface area contributed by atoms with Gasteiger partial charge in [0.05, 0.1) is 5.60 Å². The van der Waals surface area contributed by atoms with Gasteiger partial charge in [-0.25, -0.2) is 4.39 Å². The maximum Gasteiger partial charge on any atom is 0.124 e. The molecule has 1 aromatic rings. The SMILES string of the molecule is CCNC(Cc1ccc(F)cc1Cl)C(C)(CC)OCC. The number of rotatable bonds is 8. The molecule has 0 radical (unpaired) electrons. The molecule has 1 N–H and O–H groups in total. The predicted molar refractivity (Wildman–Crippen MR) is 82.9 cm³/mol. The maximum atomic E-state index is 13.1. The van der Waals surface area contributed by atoms with Crippen molar-refractivity contribution in [2.24, 2.45) is 0 Å². The smallest absolute Gasteiger partial charge is 0.124 e. The lowest BCUT2D eigenvalue weighted by Crippen LogP contribution is -2.51. The third-order valence-electron chi connectivity index (χ3n) is 3.80. The second-order valence-corrected chi connectivity index (χ2v) is 5.56. The van der Waals surface area contributed by atoms with Gasteiger partial charge in [-0.3, -0.25) is 0 Å². The monoisotopic (exact) mass is 301 g/mol. The first-order valence-electron chi connectivity index (χ1n) is 7.28. The van der Waals surface area contributed by atoms with Crippen LogP contribution in [0.3, 0.4) is 0 Å². The third kappa shape index (κ3) is 4.44. The molecule has 114 valence electrons. The van der Waals surface area contributed by atoms with Crippen molar-refractivity contribution in [3.8, 4) is 0 Å². The van der Waals surface area contributed by atoms with Crippen LogP contribution in [0, 0.1) is 5.82 Å². The van der Waals surface area contributed by atoms with Crippen molar-refractivity contribution in [3.63, 3.8) is 0 Å². The minimum Gasteiger partial charge on any atom is -0.374 e. The number of likely N-dealkylation sites (N-methyl/N-ethyl adjacent to an activating group) is 1. The standard InChI is InChI=1S/C16H25ClFNO/c1-5-16(4,20-7-3)15(19-6-2)10-12-8-9-13(18)11-14(12)17/h8-9,11,15,19H,5-7,10H2,1-4H3. The molecule has 0 spiro atoms. The summed E-state index contributed by atoms with van der Waals surface area (Å²) in [7, 11) is 0. The van der Waals surface area contributed by atoms with E-state index in [1.807, 2.05) is 6.92 Å². The zero-order valence-corrected chi connectivity index (χ0v) is 13.6. The average Bonchev–Trinajstić information content (AvgIpc) is 2.41. The second kappa shape index (κ2) is 7.96.